The summed E-state index contributed by atoms with van der Waals surface area (Å²) < 4.78 is 6.00. The van der Waals surface area contributed by atoms with Gasteiger partial charge >= 0.3 is 5.97 Å². The first-order valence-corrected chi connectivity index (χ1v) is 7.91. The number of carbonyl (C=O) groups excluding carboxylic acids is 1. The molecule has 21 heavy (non-hydrogen) atoms. The first-order chi connectivity index (χ1) is 10.0. The third kappa shape index (κ3) is 2.17. The summed E-state index contributed by atoms with van der Waals surface area (Å²) in [6.07, 6.45) is 7.17. The first-order valence-electron chi connectivity index (χ1n) is 7.91. The average Bonchev–Trinajstić information content (AvgIpc) is 2.39. The van der Waals surface area contributed by atoms with E-state index in [-0.39, 0.29) is 11.6 Å². The highest BCUT2D eigenvalue weighted by molar-refractivity contribution is 5.92. The van der Waals surface area contributed by atoms with Gasteiger partial charge in [0.15, 0.2) is 0 Å². The second-order valence-electron chi connectivity index (χ2n) is 7.33. The second kappa shape index (κ2) is 4.39. The van der Waals surface area contributed by atoms with Gasteiger partial charge in [0.2, 0.25) is 0 Å². The molecule has 4 aliphatic rings. The molecule has 0 spiro atoms. The molecule has 5 rings (SSSR count). The minimum absolute atomic E-state index is 0.206. The Morgan fingerprint density at radius 3 is 2.10 bits per heavy atom. The molecule has 0 atom stereocenters. The average molecular weight is 286 g/mol. The van der Waals surface area contributed by atoms with Crippen LogP contribution in [0.5, 0.6) is 0 Å². The molecule has 0 aromatic heterocycles. The number of carbonyl (C=O) groups is 1. The maximum Gasteiger partial charge on any atom is 0.338 e. The summed E-state index contributed by atoms with van der Waals surface area (Å²) in [5.41, 5.74) is 12.7. The predicted octanol–water partition coefficient (Wildman–Crippen LogP) is 2.98. The van der Waals surface area contributed by atoms with Gasteiger partial charge in [0, 0.05) is 0 Å². The van der Waals surface area contributed by atoms with Crippen LogP contribution < -0.4 is 11.5 Å². The van der Waals surface area contributed by atoms with Crippen molar-refractivity contribution in [1.29, 1.82) is 0 Å². The SMILES string of the molecule is Nc1ccc(C(=O)OC23CC4CC(CC(C4)C2)C3)cc1N. The van der Waals surface area contributed by atoms with E-state index in [4.69, 9.17) is 16.2 Å². The van der Waals surface area contributed by atoms with Crippen molar-refractivity contribution in [2.45, 2.75) is 44.1 Å². The van der Waals surface area contributed by atoms with Crippen LogP contribution in [0.3, 0.4) is 0 Å². The van der Waals surface area contributed by atoms with Crippen LogP contribution in [0.15, 0.2) is 18.2 Å². The number of nitrogen functional groups attached to an aromatic ring is 2. The summed E-state index contributed by atoms with van der Waals surface area (Å²) in [5, 5.41) is 0. The Labute approximate surface area is 124 Å². The summed E-state index contributed by atoms with van der Waals surface area (Å²) in [6.45, 7) is 0. The molecule has 4 bridgehead atoms. The first kappa shape index (κ1) is 13.0. The standard InChI is InChI=1S/C17H22N2O2/c18-14-2-1-13(6-15(14)19)16(20)21-17-7-10-3-11(8-17)5-12(4-10)9-17/h1-2,6,10-12H,3-5,7-9,18-19H2. The van der Waals surface area contributed by atoms with Crippen LogP contribution in [0.25, 0.3) is 0 Å². The van der Waals surface area contributed by atoms with Crippen LogP contribution in [-0.4, -0.2) is 11.6 Å². The summed E-state index contributed by atoms with van der Waals surface area (Å²) in [4.78, 5) is 12.5. The van der Waals surface area contributed by atoms with Crippen molar-refractivity contribution < 1.29 is 9.53 Å². The van der Waals surface area contributed by atoms with Crippen LogP contribution in [0.4, 0.5) is 11.4 Å². The zero-order chi connectivity index (χ0) is 14.6. The molecule has 0 saturated heterocycles. The zero-order valence-corrected chi connectivity index (χ0v) is 12.2. The Balaban J connectivity index is 1.55. The van der Waals surface area contributed by atoms with Crippen LogP contribution in [-0.2, 0) is 4.74 Å². The molecule has 4 nitrogen and oxygen atoms in total. The summed E-state index contributed by atoms with van der Waals surface area (Å²) in [5.74, 6) is 2.05. The van der Waals surface area contributed by atoms with Crippen molar-refractivity contribution in [3.05, 3.63) is 23.8 Å². The van der Waals surface area contributed by atoms with Crippen LogP contribution in [0.1, 0.15) is 48.9 Å². The lowest BCUT2D eigenvalue weighted by molar-refractivity contribution is -0.131. The molecule has 4 fully saturated rings. The molecule has 1 aromatic rings. The van der Waals surface area contributed by atoms with Gasteiger partial charge in [-0.2, -0.15) is 0 Å². The van der Waals surface area contributed by atoms with E-state index in [1.807, 2.05) is 0 Å². The minimum Gasteiger partial charge on any atom is -0.455 e. The normalized spacial score (nSPS) is 36.7. The second-order valence-corrected chi connectivity index (χ2v) is 7.33. The van der Waals surface area contributed by atoms with Crippen molar-refractivity contribution in [2.75, 3.05) is 11.5 Å². The molecule has 0 heterocycles. The van der Waals surface area contributed by atoms with Gasteiger partial charge in [0.1, 0.15) is 5.60 Å². The fraction of sp³-hybridized carbons (Fsp3) is 0.588. The molecule has 0 aliphatic heterocycles. The third-order valence-electron chi connectivity index (χ3n) is 5.61. The summed E-state index contributed by atoms with van der Waals surface area (Å²) in [6, 6.07) is 5.00. The molecule has 4 heteroatoms. The lowest BCUT2D eigenvalue weighted by Crippen LogP contribution is -2.52. The lowest BCUT2D eigenvalue weighted by atomic mass is 9.54. The monoisotopic (exact) mass is 286 g/mol. The van der Waals surface area contributed by atoms with E-state index in [2.05, 4.69) is 0 Å². The number of hydrogen-bond donors (Lipinski definition) is 2. The molecule has 0 unspecified atom stereocenters. The highest BCUT2D eigenvalue weighted by Gasteiger charge is 2.53. The Bertz CT molecular complexity index is 561. The Morgan fingerprint density at radius 2 is 1.57 bits per heavy atom. The number of ether oxygens (including phenoxy) is 1. The van der Waals surface area contributed by atoms with Gasteiger partial charge in [-0.3, -0.25) is 0 Å². The Morgan fingerprint density at radius 1 is 1.00 bits per heavy atom. The molecule has 4 aliphatic carbocycles. The van der Waals surface area contributed by atoms with E-state index in [9.17, 15) is 4.79 Å². The molecule has 112 valence electrons. The summed E-state index contributed by atoms with van der Waals surface area (Å²) in [7, 11) is 0. The van der Waals surface area contributed by atoms with E-state index in [0.29, 0.717) is 16.9 Å². The molecule has 4 N–H and O–H groups in total. The van der Waals surface area contributed by atoms with Crippen LogP contribution in [0.2, 0.25) is 0 Å². The highest BCUT2D eigenvalue weighted by Crippen LogP contribution is 2.57. The largest absolute Gasteiger partial charge is 0.455 e. The number of benzene rings is 1. The number of nitrogens with two attached hydrogens (primary N) is 2. The van der Waals surface area contributed by atoms with E-state index in [0.717, 1.165) is 37.0 Å². The Hall–Kier alpha value is -1.71. The van der Waals surface area contributed by atoms with Gasteiger partial charge in [-0.05, 0) is 74.5 Å². The van der Waals surface area contributed by atoms with E-state index >= 15 is 0 Å². The molecule has 4 saturated carbocycles. The van der Waals surface area contributed by atoms with Crippen molar-refractivity contribution in [1.82, 2.24) is 0 Å². The number of rotatable bonds is 2. The fourth-order valence-electron chi connectivity index (χ4n) is 5.11. The van der Waals surface area contributed by atoms with Gasteiger partial charge in [-0.25, -0.2) is 4.79 Å². The molecule has 1 aromatic carbocycles. The van der Waals surface area contributed by atoms with E-state index in [1.165, 1.54) is 19.3 Å². The third-order valence-corrected chi connectivity index (χ3v) is 5.61. The summed E-state index contributed by atoms with van der Waals surface area (Å²) >= 11 is 0. The minimum atomic E-state index is -0.247. The van der Waals surface area contributed by atoms with Crippen molar-refractivity contribution >= 4 is 17.3 Å². The zero-order valence-electron chi connectivity index (χ0n) is 12.2. The van der Waals surface area contributed by atoms with Gasteiger partial charge in [-0.1, -0.05) is 0 Å². The lowest BCUT2D eigenvalue weighted by Gasteiger charge is -2.55. The number of hydrogen-bond acceptors (Lipinski definition) is 4. The van der Waals surface area contributed by atoms with E-state index in [1.54, 1.807) is 18.2 Å². The van der Waals surface area contributed by atoms with E-state index < -0.39 is 0 Å². The molecular formula is C17H22N2O2. The Kier molecular flexibility index (Phi) is 2.72. The fourth-order valence-corrected chi connectivity index (χ4v) is 5.11. The smallest absolute Gasteiger partial charge is 0.338 e. The van der Waals surface area contributed by atoms with Crippen LogP contribution >= 0.6 is 0 Å². The quantitative estimate of drug-likeness (QED) is 0.647. The predicted molar refractivity (Wildman–Crippen MR) is 81.6 cm³/mol. The highest BCUT2D eigenvalue weighted by atomic mass is 16.6. The molecule has 0 amide bonds. The maximum absolute atomic E-state index is 12.5. The van der Waals surface area contributed by atoms with Crippen molar-refractivity contribution in [3.63, 3.8) is 0 Å². The topological polar surface area (TPSA) is 78.3 Å². The van der Waals surface area contributed by atoms with Gasteiger partial charge in [0.05, 0.1) is 16.9 Å². The van der Waals surface area contributed by atoms with Gasteiger partial charge in [-0.15, -0.1) is 0 Å². The van der Waals surface area contributed by atoms with Crippen molar-refractivity contribution in [2.24, 2.45) is 17.8 Å². The van der Waals surface area contributed by atoms with Crippen LogP contribution in [0, 0.1) is 17.8 Å². The van der Waals surface area contributed by atoms with Gasteiger partial charge < -0.3 is 16.2 Å². The molecular weight excluding hydrogens is 264 g/mol. The van der Waals surface area contributed by atoms with Gasteiger partial charge in [0.25, 0.3) is 0 Å². The van der Waals surface area contributed by atoms with Crippen molar-refractivity contribution in [3.8, 4) is 0 Å². The number of esters is 1. The molecule has 0 radical (unpaired) electrons. The maximum atomic E-state index is 12.5. The number of anilines is 2.